The second kappa shape index (κ2) is 8.83. The molecule has 0 aliphatic carbocycles. The minimum absolute atomic E-state index is 0.0255. The minimum Gasteiger partial charge on any atom is -0.492 e. The largest absolute Gasteiger partial charge is 0.492 e. The first kappa shape index (κ1) is 21.4. The summed E-state index contributed by atoms with van der Waals surface area (Å²) in [6.45, 7) is 4.20. The molecule has 1 atom stereocenters. The molecule has 172 valence electrons. The number of piperazine rings is 1. The van der Waals surface area contributed by atoms with E-state index < -0.39 is 0 Å². The number of aromatic hydroxyl groups is 1. The van der Waals surface area contributed by atoms with E-state index >= 15 is 0 Å². The number of carbonyl (C=O) groups excluding carboxylic acids is 1. The standard InChI is InChI=1S/C22H22FN5O4S/c1-2-31-22(30)27-11-9-26(10-12-27)17(14-5-7-15(23)8-6-14)18-20(29)28-21(33-18)24-19(25-28)16-4-3-13-32-16/h3-8,13,17,29H,2,9-12H2,1H3/t17-/m1/s1. The van der Waals surface area contributed by atoms with Gasteiger partial charge in [-0.1, -0.05) is 23.5 Å². The average Bonchev–Trinajstić information content (AvgIpc) is 3.55. The molecule has 1 aromatic carbocycles. The average molecular weight is 472 g/mol. The van der Waals surface area contributed by atoms with Crippen LogP contribution < -0.4 is 0 Å². The van der Waals surface area contributed by atoms with Gasteiger partial charge in [0.15, 0.2) is 5.76 Å². The van der Waals surface area contributed by atoms with Crippen molar-refractivity contribution in [3.8, 4) is 17.5 Å². The molecule has 1 fully saturated rings. The first-order valence-electron chi connectivity index (χ1n) is 10.6. The lowest BCUT2D eigenvalue weighted by molar-refractivity contribution is 0.0715. The third kappa shape index (κ3) is 4.05. The van der Waals surface area contributed by atoms with Gasteiger partial charge in [0.2, 0.25) is 16.7 Å². The van der Waals surface area contributed by atoms with Crippen molar-refractivity contribution in [1.29, 1.82) is 0 Å². The van der Waals surface area contributed by atoms with E-state index in [4.69, 9.17) is 9.15 Å². The zero-order valence-corrected chi connectivity index (χ0v) is 18.7. The van der Waals surface area contributed by atoms with Gasteiger partial charge in [0.1, 0.15) is 5.82 Å². The molecule has 1 aliphatic rings. The van der Waals surface area contributed by atoms with Gasteiger partial charge in [-0.05, 0) is 36.8 Å². The SMILES string of the molecule is CCOC(=O)N1CCN([C@H](c2ccc(F)cc2)c2sc3nc(-c4ccco4)nn3c2O)CC1. The Bertz CT molecular complexity index is 1250. The molecule has 1 aliphatic heterocycles. The maximum Gasteiger partial charge on any atom is 0.409 e. The summed E-state index contributed by atoms with van der Waals surface area (Å²) in [6, 6.07) is 9.37. The van der Waals surface area contributed by atoms with Crippen LogP contribution in [0.1, 0.15) is 23.4 Å². The molecule has 0 spiro atoms. The topological polar surface area (TPSA) is 96.3 Å². The number of thiazole rings is 1. The molecule has 0 unspecified atom stereocenters. The quantitative estimate of drug-likeness (QED) is 0.473. The van der Waals surface area contributed by atoms with E-state index in [9.17, 15) is 14.3 Å². The molecule has 4 heterocycles. The molecule has 5 rings (SSSR count). The molecule has 0 bridgehead atoms. The van der Waals surface area contributed by atoms with Crippen molar-refractivity contribution < 1.29 is 23.4 Å². The highest BCUT2D eigenvalue weighted by molar-refractivity contribution is 7.17. The van der Waals surface area contributed by atoms with Gasteiger partial charge in [-0.15, -0.1) is 5.10 Å². The van der Waals surface area contributed by atoms with Crippen molar-refractivity contribution in [3.05, 3.63) is 58.9 Å². The number of fused-ring (bicyclic) bond motifs is 1. The first-order chi connectivity index (χ1) is 16.0. The van der Waals surface area contributed by atoms with Crippen LogP contribution in [0.25, 0.3) is 16.5 Å². The Morgan fingerprint density at radius 3 is 2.64 bits per heavy atom. The van der Waals surface area contributed by atoms with Crippen LogP contribution in [-0.4, -0.2) is 68.4 Å². The number of amides is 1. The number of nitrogens with zero attached hydrogens (tertiary/aromatic N) is 5. The second-order valence-corrected chi connectivity index (χ2v) is 8.58. The Balaban J connectivity index is 1.48. The fourth-order valence-electron chi connectivity index (χ4n) is 3.99. The van der Waals surface area contributed by atoms with E-state index in [-0.39, 0.29) is 23.8 Å². The van der Waals surface area contributed by atoms with Gasteiger partial charge in [0.25, 0.3) is 0 Å². The Hall–Kier alpha value is -3.44. The van der Waals surface area contributed by atoms with E-state index in [1.54, 1.807) is 36.1 Å². The Kier molecular flexibility index (Phi) is 5.73. The van der Waals surface area contributed by atoms with E-state index in [1.165, 1.54) is 34.2 Å². The van der Waals surface area contributed by atoms with Gasteiger partial charge in [-0.3, -0.25) is 4.90 Å². The minimum atomic E-state index is -0.351. The van der Waals surface area contributed by atoms with Gasteiger partial charge in [0, 0.05) is 26.2 Å². The van der Waals surface area contributed by atoms with Crippen LogP contribution in [0.5, 0.6) is 5.88 Å². The molecule has 1 saturated heterocycles. The van der Waals surface area contributed by atoms with Crippen molar-refractivity contribution in [3.63, 3.8) is 0 Å². The van der Waals surface area contributed by atoms with Crippen molar-refractivity contribution in [2.45, 2.75) is 13.0 Å². The van der Waals surface area contributed by atoms with Crippen LogP contribution in [0.15, 0.2) is 47.1 Å². The van der Waals surface area contributed by atoms with Crippen LogP contribution in [0, 0.1) is 5.82 Å². The second-order valence-electron chi connectivity index (χ2n) is 7.57. The fraction of sp³-hybridized carbons (Fsp3) is 0.318. The molecule has 3 aromatic heterocycles. The van der Waals surface area contributed by atoms with E-state index in [1.807, 2.05) is 0 Å². The lowest BCUT2D eigenvalue weighted by atomic mass is 10.0. The predicted octanol–water partition coefficient (Wildman–Crippen LogP) is 3.76. The number of hydrogen-bond acceptors (Lipinski definition) is 8. The summed E-state index contributed by atoms with van der Waals surface area (Å²) in [5.74, 6) is 0.536. The third-order valence-corrected chi connectivity index (χ3v) is 6.65. The highest BCUT2D eigenvalue weighted by atomic mass is 32.1. The lowest BCUT2D eigenvalue weighted by Gasteiger charge is -2.38. The van der Waals surface area contributed by atoms with Crippen LogP contribution in [0.2, 0.25) is 0 Å². The number of hydrogen-bond donors (Lipinski definition) is 1. The Morgan fingerprint density at radius 1 is 1.24 bits per heavy atom. The van der Waals surface area contributed by atoms with Crippen LogP contribution in [0.4, 0.5) is 9.18 Å². The molecule has 1 amide bonds. The molecular formula is C22H22FN5O4S. The smallest absolute Gasteiger partial charge is 0.409 e. The summed E-state index contributed by atoms with van der Waals surface area (Å²) in [6.07, 6.45) is 1.21. The summed E-state index contributed by atoms with van der Waals surface area (Å²) in [7, 11) is 0. The van der Waals surface area contributed by atoms with E-state index in [2.05, 4.69) is 15.0 Å². The number of aromatic nitrogens is 3. The lowest BCUT2D eigenvalue weighted by Crippen LogP contribution is -2.49. The van der Waals surface area contributed by atoms with E-state index in [0.717, 1.165) is 5.56 Å². The van der Waals surface area contributed by atoms with Crippen LogP contribution >= 0.6 is 11.3 Å². The number of rotatable bonds is 5. The van der Waals surface area contributed by atoms with Gasteiger partial charge in [-0.25, -0.2) is 9.18 Å². The van der Waals surface area contributed by atoms with Gasteiger partial charge in [0.05, 0.1) is 23.8 Å². The zero-order chi connectivity index (χ0) is 22.9. The number of ether oxygens (including phenoxy) is 1. The number of benzene rings is 1. The molecular weight excluding hydrogens is 449 g/mol. The van der Waals surface area contributed by atoms with Gasteiger partial charge in [-0.2, -0.15) is 9.50 Å². The van der Waals surface area contributed by atoms with Crippen molar-refractivity contribution in [2.24, 2.45) is 0 Å². The maximum absolute atomic E-state index is 13.6. The zero-order valence-electron chi connectivity index (χ0n) is 17.8. The summed E-state index contributed by atoms with van der Waals surface area (Å²) in [5.41, 5.74) is 0.826. The number of furan rings is 1. The van der Waals surface area contributed by atoms with Crippen LogP contribution in [-0.2, 0) is 4.74 Å². The normalized spacial score (nSPS) is 15.8. The number of carbonyl (C=O) groups is 1. The molecule has 9 nitrogen and oxygen atoms in total. The molecule has 1 N–H and O–H groups in total. The highest BCUT2D eigenvalue weighted by Crippen LogP contribution is 2.40. The van der Waals surface area contributed by atoms with E-state index in [0.29, 0.717) is 54.2 Å². The van der Waals surface area contributed by atoms with Crippen molar-refractivity contribution in [2.75, 3.05) is 32.8 Å². The summed E-state index contributed by atoms with van der Waals surface area (Å²) < 4.78 is 25.5. The first-order valence-corrected chi connectivity index (χ1v) is 11.4. The summed E-state index contributed by atoms with van der Waals surface area (Å²) in [4.78, 5) is 21.6. The predicted molar refractivity (Wildman–Crippen MR) is 119 cm³/mol. The molecule has 0 saturated carbocycles. The highest BCUT2D eigenvalue weighted by Gasteiger charge is 2.33. The summed E-state index contributed by atoms with van der Waals surface area (Å²) in [5, 5.41) is 15.5. The summed E-state index contributed by atoms with van der Waals surface area (Å²) >= 11 is 1.32. The van der Waals surface area contributed by atoms with Gasteiger partial charge < -0.3 is 19.2 Å². The molecule has 0 radical (unpaired) electrons. The van der Waals surface area contributed by atoms with Crippen molar-refractivity contribution in [1.82, 2.24) is 24.4 Å². The molecule has 33 heavy (non-hydrogen) atoms. The Morgan fingerprint density at radius 2 is 2.00 bits per heavy atom. The monoisotopic (exact) mass is 471 g/mol. The van der Waals surface area contributed by atoms with Crippen molar-refractivity contribution >= 4 is 22.4 Å². The maximum atomic E-state index is 13.6. The van der Waals surface area contributed by atoms with Gasteiger partial charge >= 0.3 is 6.09 Å². The molecule has 11 heteroatoms. The third-order valence-electron chi connectivity index (χ3n) is 5.58. The number of halogens is 1. The van der Waals surface area contributed by atoms with Crippen LogP contribution in [0.3, 0.4) is 0 Å². The molecule has 4 aromatic rings. The fourth-order valence-corrected chi connectivity index (χ4v) is 5.11. The Labute approximate surface area is 192 Å².